The number of hydrogen-bond donors (Lipinski definition) is 3. The molecular formula is C21H30N4. The molecule has 134 valence electrons. The summed E-state index contributed by atoms with van der Waals surface area (Å²) < 4.78 is 0. The first-order valence-electron chi connectivity index (χ1n) is 8.76. The molecule has 0 bridgehead atoms. The zero-order valence-electron chi connectivity index (χ0n) is 14.7. The second-order valence-electron chi connectivity index (χ2n) is 6.01. The molecule has 2 heterocycles. The number of benzene rings is 1. The standard InChI is InChI=1S/C20H26N4.CH4/c1-4-14-7-6-8-16-13-18(24-19(14)16)22-12-11-17-10-9-15(5-2)20(21-3)23-17;/h6-10,13,22,24H,4-5,11-12H2,1-3H3,(H,21,23);1H4. The van der Waals surface area contributed by atoms with Crippen molar-refractivity contribution in [3.05, 3.63) is 53.2 Å². The highest BCUT2D eigenvalue weighted by Gasteiger charge is 2.05. The first kappa shape index (κ1) is 18.8. The van der Waals surface area contributed by atoms with Gasteiger partial charge in [0.25, 0.3) is 0 Å². The molecule has 3 N–H and O–H groups in total. The van der Waals surface area contributed by atoms with Crippen LogP contribution in [0.2, 0.25) is 0 Å². The summed E-state index contributed by atoms with van der Waals surface area (Å²) in [5.74, 6) is 2.07. The third kappa shape index (κ3) is 4.13. The minimum Gasteiger partial charge on any atom is -0.373 e. The molecule has 0 aliphatic heterocycles. The summed E-state index contributed by atoms with van der Waals surface area (Å²) in [6, 6.07) is 12.9. The Balaban J connectivity index is 0.00000225. The molecule has 0 aliphatic carbocycles. The Kier molecular flexibility index (Phi) is 6.45. The SMILES string of the molecule is C.CCc1ccc(CCNc2cc3cccc(CC)c3[nH]2)nc1NC. The van der Waals surface area contributed by atoms with E-state index in [0.29, 0.717) is 0 Å². The fourth-order valence-electron chi connectivity index (χ4n) is 3.10. The molecule has 0 fully saturated rings. The number of H-pyrrole nitrogens is 1. The van der Waals surface area contributed by atoms with Crippen LogP contribution in [0.5, 0.6) is 0 Å². The summed E-state index contributed by atoms with van der Waals surface area (Å²) in [5, 5.41) is 7.94. The molecule has 1 aromatic carbocycles. The van der Waals surface area contributed by atoms with Gasteiger partial charge in [-0.1, -0.05) is 45.5 Å². The molecule has 4 nitrogen and oxygen atoms in total. The normalized spacial score (nSPS) is 10.5. The lowest BCUT2D eigenvalue weighted by Gasteiger charge is -2.09. The largest absolute Gasteiger partial charge is 0.373 e. The Morgan fingerprint density at radius 2 is 1.84 bits per heavy atom. The van der Waals surface area contributed by atoms with E-state index in [9.17, 15) is 0 Å². The molecule has 2 aromatic heterocycles. The number of nitrogens with zero attached hydrogens (tertiary/aromatic N) is 1. The van der Waals surface area contributed by atoms with Gasteiger partial charge in [-0.2, -0.15) is 0 Å². The Bertz CT molecular complexity index is 820. The van der Waals surface area contributed by atoms with Crippen molar-refractivity contribution in [2.24, 2.45) is 0 Å². The number of anilines is 2. The third-order valence-corrected chi connectivity index (χ3v) is 4.47. The lowest BCUT2D eigenvalue weighted by Crippen LogP contribution is -2.08. The minimum atomic E-state index is 0. The predicted octanol–water partition coefficient (Wildman–Crippen LogP) is 5.02. The van der Waals surface area contributed by atoms with Gasteiger partial charge < -0.3 is 15.6 Å². The van der Waals surface area contributed by atoms with E-state index in [1.165, 1.54) is 22.0 Å². The number of aromatic nitrogens is 2. The van der Waals surface area contributed by atoms with Gasteiger partial charge in [0.05, 0.1) is 5.52 Å². The number of aromatic amines is 1. The van der Waals surface area contributed by atoms with Gasteiger partial charge in [0.1, 0.15) is 11.6 Å². The molecule has 3 rings (SSSR count). The molecular weight excluding hydrogens is 308 g/mol. The van der Waals surface area contributed by atoms with E-state index >= 15 is 0 Å². The van der Waals surface area contributed by atoms with Crippen LogP contribution in [0.15, 0.2) is 36.4 Å². The minimum absolute atomic E-state index is 0. The smallest absolute Gasteiger partial charge is 0.129 e. The Morgan fingerprint density at radius 3 is 2.56 bits per heavy atom. The van der Waals surface area contributed by atoms with Crippen LogP contribution in [0.3, 0.4) is 0 Å². The van der Waals surface area contributed by atoms with Crippen molar-refractivity contribution >= 4 is 22.5 Å². The van der Waals surface area contributed by atoms with E-state index in [-0.39, 0.29) is 7.43 Å². The molecule has 0 atom stereocenters. The summed E-state index contributed by atoms with van der Waals surface area (Å²) in [4.78, 5) is 8.20. The van der Waals surface area contributed by atoms with Gasteiger partial charge in [0.2, 0.25) is 0 Å². The van der Waals surface area contributed by atoms with E-state index < -0.39 is 0 Å². The molecule has 0 saturated carbocycles. The number of para-hydroxylation sites is 1. The molecule has 4 heteroatoms. The van der Waals surface area contributed by atoms with Crippen molar-refractivity contribution in [1.82, 2.24) is 9.97 Å². The third-order valence-electron chi connectivity index (χ3n) is 4.47. The number of aryl methyl sites for hydroxylation is 2. The van der Waals surface area contributed by atoms with E-state index in [1.807, 2.05) is 7.05 Å². The van der Waals surface area contributed by atoms with Gasteiger partial charge in [0.15, 0.2) is 0 Å². The molecule has 0 aliphatic rings. The quantitative estimate of drug-likeness (QED) is 0.567. The predicted molar refractivity (Wildman–Crippen MR) is 110 cm³/mol. The molecule has 0 saturated heterocycles. The number of hydrogen-bond acceptors (Lipinski definition) is 3. The Hall–Kier alpha value is -2.49. The van der Waals surface area contributed by atoms with E-state index in [4.69, 9.17) is 4.98 Å². The van der Waals surface area contributed by atoms with Crippen molar-refractivity contribution in [1.29, 1.82) is 0 Å². The number of rotatable bonds is 7. The molecule has 0 spiro atoms. The second-order valence-corrected chi connectivity index (χ2v) is 6.01. The van der Waals surface area contributed by atoms with Crippen LogP contribution in [0.25, 0.3) is 10.9 Å². The summed E-state index contributed by atoms with van der Waals surface area (Å²) in [5.41, 5.74) is 4.97. The molecule has 0 unspecified atom stereocenters. The van der Waals surface area contributed by atoms with E-state index in [0.717, 1.165) is 43.1 Å². The summed E-state index contributed by atoms with van der Waals surface area (Å²) in [6.45, 7) is 5.20. The molecule has 25 heavy (non-hydrogen) atoms. The van der Waals surface area contributed by atoms with Crippen molar-refractivity contribution in [2.75, 3.05) is 24.2 Å². The fourth-order valence-corrected chi connectivity index (χ4v) is 3.10. The lowest BCUT2D eigenvalue weighted by molar-refractivity contribution is 0.946. The Morgan fingerprint density at radius 1 is 1.04 bits per heavy atom. The van der Waals surface area contributed by atoms with Crippen molar-refractivity contribution < 1.29 is 0 Å². The summed E-state index contributed by atoms with van der Waals surface area (Å²) >= 11 is 0. The first-order chi connectivity index (χ1) is 11.7. The van der Waals surface area contributed by atoms with E-state index in [2.05, 4.69) is 65.9 Å². The number of nitrogens with one attached hydrogen (secondary N) is 3. The van der Waals surface area contributed by atoms with Crippen molar-refractivity contribution in [3.63, 3.8) is 0 Å². The Labute approximate surface area is 151 Å². The van der Waals surface area contributed by atoms with Gasteiger partial charge in [-0.3, -0.25) is 0 Å². The lowest BCUT2D eigenvalue weighted by atomic mass is 10.1. The second kappa shape index (κ2) is 8.56. The average molecular weight is 338 g/mol. The van der Waals surface area contributed by atoms with Crippen molar-refractivity contribution in [2.45, 2.75) is 40.5 Å². The number of pyridine rings is 1. The highest BCUT2D eigenvalue weighted by molar-refractivity contribution is 5.86. The molecule has 0 amide bonds. The maximum atomic E-state index is 4.70. The molecule has 0 radical (unpaired) electrons. The van der Waals surface area contributed by atoms with Crippen LogP contribution in [0, 0.1) is 0 Å². The maximum Gasteiger partial charge on any atom is 0.129 e. The zero-order valence-corrected chi connectivity index (χ0v) is 14.7. The average Bonchev–Trinajstić information content (AvgIpc) is 3.04. The number of fused-ring (bicyclic) bond motifs is 1. The molecule has 3 aromatic rings. The maximum absolute atomic E-state index is 4.70. The van der Waals surface area contributed by atoms with Gasteiger partial charge in [-0.15, -0.1) is 0 Å². The van der Waals surface area contributed by atoms with Crippen LogP contribution < -0.4 is 10.6 Å². The van der Waals surface area contributed by atoms with E-state index in [1.54, 1.807) is 0 Å². The van der Waals surface area contributed by atoms with Crippen LogP contribution >= 0.6 is 0 Å². The zero-order chi connectivity index (χ0) is 16.9. The van der Waals surface area contributed by atoms with Gasteiger partial charge in [-0.25, -0.2) is 4.98 Å². The van der Waals surface area contributed by atoms with Crippen LogP contribution in [-0.4, -0.2) is 23.6 Å². The van der Waals surface area contributed by atoms with Gasteiger partial charge in [0, 0.05) is 31.1 Å². The van der Waals surface area contributed by atoms with Gasteiger partial charge in [-0.05, 0) is 36.1 Å². The first-order valence-corrected chi connectivity index (χ1v) is 8.76. The monoisotopic (exact) mass is 338 g/mol. The fraction of sp³-hybridized carbons (Fsp3) is 0.381. The highest BCUT2D eigenvalue weighted by Crippen LogP contribution is 2.22. The highest BCUT2D eigenvalue weighted by atomic mass is 15.0. The summed E-state index contributed by atoms with van der Waals surface area (Å²) in [7, 11) is 1.93. The van der Waals surface area contributed by atoms with Gasteiger partial charge >= 0.3 is 0 Å². The van der Waals surface area contributed by atoms with Crippen LogP contribution in [0.1, 0.15) is 38.1 Å². The van der Waals surface area contributed by atoms with Crippen LogP contribution in [0.4, 0.5) is 11.6 Å². The topological polar surface area (TPSA) is 52.7 Å². The van der Waals surface area contributed by atoms with Crippen LogP contribution in [-0.2, 0) is 19.3 Å². The summed E-state index contributed by atoms with van der Waals surface area (Å²) in [6.07, 6.45) is 2.93. The van der Waals surface area contributed by atoms with Crippen molar-refractivity contribution in [3.8, 4) is 0 Å².